The fourth-order valence-corrected chi connectivity index (χ4v) is 3.58. The van der Waals surface area contributed by atoms with Gasteiger partial charge < -0.3 is 20.3 Å². The third-order valence-electron chi connectivity index (χ3n) is 4.43. The maximum atomic E-state index is 12.5. The molecule has 28 heavy (non-hydrogen) atoms. The summed E-state index contributed by atoms with van der Waals surface area (Å²) in [5.41, 5.74) is 3.52. The van der Waals surface area contributed by atoms with E-state index in [4.69, 9.17) is 4.74 Å². The predicted octanol–water partition coefficient (Wildman–Crippen LogP) is 3.89. The van der Waals surface area contributed by atoms with Crippen molar-refractivity contribution in [2.45, 2.75) is 6.92 Å². The number of hydrogen-bond donors (Lipinski definition) is 2. The molecule has 1 fully saturated rings. The molecular formula is C21H21IN4O2. The summed E-state index contributed by atoms with van der Waals surface area (Å²) in [7, 11) is 0. The molecule has 144 valence electrons. The number of carbonyl (C=O) groups excluding carboxylic acids is 1. The molecule has 1 aliphatic rings. The van der Waals surface area contributed by atoms with Gasteiger partial charge in [0.2, 0.25) is 0 Å². The molecule has 2 N–H and O–H groups in total. The summed E-state index contributed by atoms with van der Waals surface area (Å²) in [6.45, 7) is 4.90. The van der Waals surface area contributed by atoms with Crippen LogP contribution < -0.4 is 15.5 Å². The van der Waals surface area contributed by atoms with Crippen molar-refractivity contribution in [3.63, 3.8) is 0 Å². The Kier molecular flexibility index (Phi) is 6.90. The van der Waals surface area contributed by atoms with Crippen LogP contribution in [0.15, 0.2) is 54.2 Å². The maximum absolute atomic E-state index is 12.5. The fraction of sp³-hybridized carbons (Fsp3) is 0.238. The highest BCUT2D eigenvalue weighted by atomic mass is 127. The van der Waals surface area contributed by atoms with E-state index in [0.717, 1.165) is 33.6 Å². The number of ether oxygens (including phenoxy) is 1. The fourth-order valence-electron chi connectivity index (χ4n) is 2.93. The van der Waals surface area contributed by atoms with Crippen LogP contribution in [0.2, 0.25) is 0 Å². The average molecular weight is 488 g/mol. The predicted molar refractivity (Wildman–Crippen MR) is 119 cm³/mol. The van der Waals surface area contributed by atoms with E-state index in [2.05, 4.69) is 38.1 Å². The minimum Gasteiger partial charge on any atom is -0.378 e. The second-order valence-electron chi connectivity index (χ2n) is 6.34. The Balaban J connectivity index is 1.75. The van der Waals surface area contributed by atoms with Crippen LogP contribution in [0.5, 0.6) is 0 Å². The number of morpholine rings is 1. The lowest BCUT2D eigenvalue weighted by atomic mass is 10.2. The van der Waals surface area contributed by atoms with E-state index >= 15 is 0 Å². The molecule has 1 saturated heterocycles. The number of rotatable bonds is 5. The lowest BCUT2D eigenvalue weighted by Gasteiger charge is -2.30. The zero-order chi connectivity index (χ0) is 19.9. The lowest BCUT2D eigenvalue weighted by Crippen LogP contribution is -2.36. The number of nitrogens with zero attached hydrogens (tertiary/aromatic N) is 2. The normalized spacial score (nSPS) is 14.3. The number of para-hydroxylation sites is 2. The van der Waals surface area contributed by atoms with Gasteiger partial charge in [-0.2, -0.15) is 5.26 Å². The van der Waals surface area contributed by atoms with E-state index in [1.165, 1.54) is 6.20 Å². The van der Waals surface area contributed by atoms with Gasteiger partial charge >= 0.3 is 0 Å². The SMILES string of the molecule is Cc1cc(I)ccc1NC(=O)/C(C#N)=C\Nc1ccccc1N1CCOCC1. The van der Waals surface area contributed by atoms with E-state index in [1.54, 1.807) is 0 Å². The Bertz CT molecular complexity index is 930. The average Bonchev–Trinajstić information content (AvgIpc) is 2.71. The molecule has 0 bridgehead atoms. The Morgan fingerprint density at radius 2 is 1.96 bits per heavy atom. The number of amides is 1. The second-order valence-corrected chi connectivity index (χ2v) is 7.59. The van der Waals surface area contributed by atoms with Gasteiger partial charge in [0.25, 0.3) is 5.91 Å². The van der Waals surface area contributed by atoms with Crippen LogP contribution in [-0.2, 0) is 9.53 Å². The number of benzene rings is 2. The first kappa shape index (κ1) is 20.2. The van der Waals surface area contributed by atoms with Gasteiger partial charge in [0.05, 0.1) is 24.6 Å². The standard InChI is InChI=1S/C21H21IN4O2/c1-15-12-17(22)6-7-18(15)25-21(27)16(13-23)14-24-19-4-2-3-5-20(19)26-8-10-28-11-9-26/h2-7,12,14,24H,8-11H2,1H3,(H,25,27)/b16-14-. The summed E-state index contributed by atoms with van der Waals surface area (Å²) < 4.78 is 6.50. The third-order valence-corrected chi connectivity index (χ3v) is 5.10. The minimum atomic E-state index is -0.442. The van der Waals surface area contributed by atoms with E-state index in [0.29, 0.717) is 18.9 Å². The molecule has 0 unspecified atom stereocenters. The first-order valence-corrected chi connectivity index (χ1v) is 10.0. The van der Waals surface area contributed by atoms with Gasteiger partial charge in [-0.15, -0.1) is 0 Å². The molecule has 3 rings (SSSR count). The molecule has 0 saturated carbocycles. The summed E-state index contributed by atoms with van der Waals surface area (Å²) >= 11 is 2.22. The monoisotopic (exact) mass is 488 g/mol. The van der Waals surface area contributed by atoms with Crippen molar-refractivity contribution in [1.29, 1.82) is 5.26 Å². The molecule has 0 atom stereocenters. The van der Waals surface area contributed by atoms with E-state index < -0.39 is 5.91 Å². The molecule has 0 aliphatic carbocycles. The van der Waals surface area contributed by atoms with Crippen LogP contribution in [0, 0.1) is 21.8 Å². The summed E-state index contributed by atoms with van der Waals surface area (Å²) in [5, 5.41) is 15.4. The van der Waals surface area contributed by atoms with Gasteiger partial charge in [-0.25, -0.2) is 0 Å². The van der Waals surface area contributed by atoms with Gasteiger partial charge in [-0.05, 0) is 65.4 Å². The summed E-state index contributed by atoms with van der Waals surface area (Å²) in [6, 6.07) is 15.5. The molecule has 1 heterocycles. The summed E-state index contributed by atoms with van der Waals surface area (Å²) in [5.74, 6) is -0.442. The Morgan fingerprint density at radius 3 is 2.68 bits per heavy atom. The highest BCUT2D eigenvalue weighted by Gasteiger charge is 2.15. The van der Waals surface area contributed by atoms with Gasteiger partial charge in [0, 0.05) is 28.5 Å². The number of nitrogens with one attached hydrogen (secondary N) is 2. The van der Waals surface area contributed by atoms with Crippen LogP contribution in [0.1, 0.15) is 5.56 Å². The van der Waals surface area contributed by atoms with Crippen LogP contribution in [0.3, 0.4) is 0 Å². The first-order chi connectivity index (χ1) is 13.6. The molecule has 7 heteroatoms. The maximum Gasteiger partial charge on any atom is 0.267 e. The number of aryl methyl sites for hydroxylation is 1. The van der Waals surface area contributed by atoms with Crippen molar-refractivity contribution in [3.05, 3.63) is 63.4 Å². The minimum absolute atomic E-state index is 0.00901. The van der Waals surface area contributed by atoms with Crippen LogP contribution in [-0.4, -0.2) is 32.2 Å². The van der Waals surface area contributed by atoms with Crippen molar-refractivity contribution >= 4 is 45.6 Å². The topological polar surface area (TPSA) is 77.4 Å². The van der Waals surface area contributed by atoms with Crippen LogP contribution >= 0.6 is 22.6 Å². The summed E-state index contributed by atoms with van der Waals surface area (Å²) in [4.78, 5) is 14.7. The van der Waals surface area contributed by atoms with Crippen molar-refractivity contribution in [3.8, 4) is 6.07 Å². The van der Waals surface area contributed by atoms with Crippen molar-refractivity contribution in [2.75, 3.05) is 41.8 Å². The number of hydrogen-bond acceptors (Lipinski definition) is 5. The van der Waals surface area contributed by atoms with Gasteiger partial charge in [0.15, 0.2) is 0 Å². The van der Waals surface area contributed by atoms with E-state index in [-0.39, 0.29) is 5.57 Å². The zero-order valence-corrected chi connectivity index (χ0v) is 17.7. The lowest BCUT2D eigenvalue weighted by molar-refractivity contribution is -0.112. The first-order valence-electron chi connectivity index (χ1n) is 8.94. The van der Waals surface area contributed by atoms with Gasteiger partial charge in [-0.3, -0.25) is 4.79 Å². The quantitative estimate of drug-likeness (QED) is 0.380. The Hall–Kier alpha value is -2.57. The van der Waals surface area contributed by atoms with Gasteiger partial charge in [0.1, 0.15) is 11.6 Å². The molecule has 1 aliphatic heterocycles. The van der Waals surface area contributed by atoms with Crippen molar-refractivity contribution in [1.82, 2.24) is 0 Å². The zero-order valence-electron chi connectivity index (χ0n) is 15.5. The number of carbonyl (C=O) groups is 1. The number of anilines is 3. The molecule has 0 aromatic heterocycles. The highest BCUT2D eigenvalue weighted by Crippen LogP contribution is 2.26. The molecule has 1 amide bonds. The Morgan fingerprint density at radius 1 is 1.21 bits per heavy atom. The van der Waals surface area contributed by atoms with Gasteiger partial charge in [-0.1, -0.05) is 12.1 Å². The molecule has 2 aromatic rings. The summed E-state index contributed by atoms with van der Waals surface area (Å²) in [6.07, 6.45) is 1.46. The molecular weight excluding hydrogens is 467 g/mol. The number of halogens is 1. The second kappa shape index (κ2) is 9.57. The van der Waals surface area contributed by atoms with Crippen molar-refractivity contribution < 1.29 is 9.53 Å². The van der Waals surface area contributed by atoms with Crippen LogP contribution in [0.4, 0.5) is 17.1 Å². The van der Waals surface area contributed by atoms with Crippen molar-refractivity contribution in [2.24, 2.45) is 0 Å². The van der Waals surface area contributed by atoms with Crippen LogP contribution in [0.25, 0.3) is 0 Å². The molecule has 0 spiro atoms. The van der Waals surface area contributed by atoms with E-state index in [1.807, 2.05) is 55.5 Å². The molecule has 2 aromatic carbocycles. The third kappa shape index (κ3) is 5.03. The highest BCUT2D eigenvalue weighted by molar-refractivity contribution is 14.1. The van der Waals surface area contributed by atoms with E-state index in [9.17, 15) is 10.1 Å². The smallest absolute Gasteiger partial charge is 0.267 e. The largest absolute Gasteiger partial charge is 0.378 e. The Labute approximate surface area is 178 Å². The number of nitriles is 1. The molecule has 0 radical (unpaired) electrons. The molecule has 6 nitrogen and oxygen atoms in total.